The first-order valence-corrected chi connectivity index (χ1v) is 8.77. The Morgan fingerprint density at radius 2 is 2.12 bits per heavy atom. The number of para-hydroxylation sites is 2. The van der Waals surface area contributed by atoms with Crippen molar-refractivity contribution in [1.82, 2.24) is 14.5 Å². The molecule has 0 amide bonds. The molecule has 0 unspecified atom stereocenters. The SMILES string of the molecule is CSc1ncccc1C(=O)OCCCn1c(=O)[nH]c2ccccc21. The molecule has 24 heavy (non-hydrogen) atoms. The summed E-state index contributed by atoms with van der Waals surface area (Å²) in [5.41, 5.74) is 1.97. The van der Waals surface area contributed by atoms with Crippen molar-refractivity contribution in [2.75, 3.05) is 12.9 Å². The lowest BCUT2D eigenvalue weighted by Gasteiger charge is -2.07. The number of hydrogen-bond donors (Lipinski definition) is 1. The number of esters is 1. The number of fused-ring (bicyclic) bond motifs is 1. The highest BCUT2D eigenvalue weighted by atomic mass is 32.2. The average Bonchev–Trinajstić information content (AvgIpc) is 2.93. The molecule has 0 saturated carbocycles. The molecule has 0 aliphatic carbocycles. The molecule has 0 radical (unpaired) electrons. The van der Waals surface area contributed by atoms with E-state index in [2.05, 4.69) is 9.97 Å². The van der Waals surface area contributed by atoms with Crippen LogP contribution in [0.15, 0.2) is 52.4 Å². The lowest BCUT2D eigenvalue weighted by molar-refractivity contribution is 0.0491. The van der Waals surface area contributed by atoms with Gasteiger partial charge in [-0.1, -0.05) is 12.1 Å². The number of thioether (sulfide) groups is 1. The van der Waals surface area contributed by atoms with Gasteiger partial charge >= 0.3 is 11.7 Å². The van der Waals surface area contributed by atoms with Crippen LogP contribution in [0.3, 0.4) is 0 Å². The molecular weight excluding hydrogens is 326 g/mol. The summed E-state index contributed by atoms with van der Waals surface area (Å²) in [5, 5.41) is 0.648. The van der Waals surface area contributed by atoms with Crippen molar-refractivity contribution < 1.29 is 9.53 Å². The fraction of sp³-hybridized carbons (Fsp3) is 0.235. The number of hydrogen-bond acceptors (Lipinski definition) is 5. The third kappa shape index (κ3) is 3.35. The van der Waals surface area contributed by atoms with E-state index in [0.29, 0.717) is 23.6 Å². The van der Waals surface area contributed by atoms with Crippen LogP contribution in [0.4, 0.5) is 0 Å². The molecule has 124 valence electrons. The van der Waals surface area contributed by atoms with Crippen LogP contribution in [-0.4, -0.2) is 33.4 Å². The number of rotatable bonds is 6. The first kappa shape index (κ1) is 16.3. The van der Waals surface area contributed by atoms with Crippen LogP contribution in [0.25, 0.3) is 11.0 Å². The van der Waals surface area contributed by atoms with Gasteiger partial charge in [0.05, 0.1) is 23.2 Å². The van der Waals surface area contributed by atoms with E-state index in [4.69, 9.17) is 4.74 Å². The molecular formula is C17H17N3O3S. The molecule has 0 atom stereocenters. The first-order chi connectivity index (χ1) is 11.7. The number of aryl methyl sites for hydroxylation is 1. The summed E-state index contributed by atoms with van der Waals surface area (Å²) in [4.78, 5) is 31.0. The molecule has 3 rings (SSSR count). The zero-order chi connectivity index (χ0) is 16.9. The van der Waals surface area contributed by atoms with E-state index in [1.54, 1.807) is 22.9 Å². The topological polar surface area (TPSA) is 77.0 Å². The highest BCUT2D eigenvalue weighted by molar-refractivity contribution is 7.98. The first-order valence-electron chi connectivity index (χ1n) is 7.54. The number of aromatic amines is 1. The third-order valence-corrected chi connectivity index (χ3v) is 4.34. The Balaban J connectivity index is 1.60. The number of ether oxygens (including phenoxy) is 1. The van der Waals surface area contributed by atoms with Crippen LogP contribution in [0, 0.1) is 0 Å². The maximum absolute atomic E-state index is 12.1. The summed E-state index contributed by atoms with van der Waals surface area (Å²) in [6.07, 6.45) is 4.07. The van der Waals surface area contributed by atoms with Gasteiger partial charge in [-0.2, -0.15) is 0 Å². The van der Waals surface area contributed by atoms with Crippen molar-refractivity contribution in [3.05, 3.63) is 58.6 Å². The lowest BCUT2D eigenvalue weighted by atomic mass is 10.3. The van der Waals surface area contributed by atoms with Crippen molar-refractivity contribution in [2.24, 2.45) is 0 Å². The van der Waals surface area contributed by atoms with Gasteiger partial charge in [0.15, 0.2) is 0 Å². The Bertz CT molecular complexity index is 917. The summed E-state index contributed by atoms with van der Waals surface area (Å²) in [6.45, 7) is 0.728. The van der Waals surface area contributed by atoms with E-state index in [-0.39, 0.29) is 12.3 Å². The van der Waals surface area contributed by atoms with Crippen LogP contribution >= 0.6 is 11.8 Å². The minimum atomic E-state index is -0.390. The molecule has 7 heteroatoms. The summed E-state index contributed by atoms with van der Waals surface area (Å²) in [7, 11) is 0. The normalized spacial score (nSPS) is 10.9. The second-order valence-corrected chi connectivity index (χ2v) is 5.94. The highest BCUT2D eigenvalue weighted by Gasteiger charge is 2.13. The van der Waals surface area contributed by atoms with Gasteiger partial charge in [0.2, 0.25) is 0 Å². The van der Waals surface area contributed by atoms with Gasteiger partial charge in [0.25, 0.3) is 0 Å². The fourth-order valence-corrected chi connectivity index (χ4v) is 3.04. The Hall–Kier alpha value is -2.54. The molecule has 2 heterocycles. The molecule has 3 aromatic rings. The minimum Gasteiger partial charge on any atom is -0.462 e. The van der Waals surface area contributed by atoms with Crippen molar-refractivity contribution in [3.63, 3.8) is 0 Å². The van der Waals surface area contributed by atoms with Gasteiger partial charge in [0.1, 0.15) is 5.03 Å². The van der Waals surface area contributed by atoms with Gasteiger partial charge in [-0.25, -0.2) is 14.6 Å². The number of H-pyrrole nitrogens is 1. The van der Waals surface area contributed by atoms with E-state index in [9.17, 15) is 9.59 Å². The van der Waals surface area contributed by atoms with Crippen LogP contribution in [0.1, 0.15) is 16.8 Å². The summed E-state index contributed by atoms with van der Waals surface area (Å²) in [6, 6.07) is 10.9. The Labute approximate surface area is 142 Å². The average molecular weight is 343 g/mol. The number of aromatic nitrogens is 3. The molecule has 0 saturated heterocycles. The summed E-state index contributed by atoms with van der Waals surface area (Å²) in [5.74, 6) is -0.390. The zero-order valence-electron chi connectivity index (χ0n) is 13.2. The van der Waals surface area contributed by atoms with Crippen molar-refractivity contribution >= 4 is 28.8 Å². The van der Waals surface area contributed by atoms with Gasteiger partial charge in [-0.05, 0) is 36.9 Å². The smallest absolute Gasteiger partial charge is 0.340 e. The van der Waals surface area contributed by atoms with Crippen molar-refractivity contribution in [1.29, 1.82) is 0 Å². The largest absolute Gasteiger partial charge is 0.462 e. The highest BCUT2D eigenvalue weighted by Crippen LogP contribution is 2.17. The quantitative estimate of drug-likeness (QED) is 0.423. The van der Waals surface area contributed by atoms with Gasteiger partial charge in [0, 0.05) is 12.7 Å². The Morgan fingerprint density at radius 3 is 2.96 bits per heavy atom. The maximum Gasteiger partial charge on any atom is 0.340 e. The number of pyridine rings is 1. The number of nitrogens with zero attached hydrogens (tertiary/aromatic N) is 2. The summed E-state index contributed by atoms with van der Waals surface area (Å²) < 4.78 is 6.96. The number of imidazole rings is 1. The van der Waals surface area contributed by atoms with Crippen molar-refractivity contribution in [2.45, 2.75) is 18.0 Å². The van der Waals surface area contributed by atoms with Gasteiger partial charge in [-0.15, -0.1) is 11.8 Å². The number of nitrogens with one attached hydrogen (secondary N) is 1. The number of carbonyl (C=O) groups is 1. The Kier molecular flexibility index (Phi) is 5.00. The molecule has 0 spiro atoms. The molecule has 0 aliphatic rings. The lowest BCUT2D eigenvalue weighted by Crippen LogP contribution is -2.18. The predicted molar refractivity (Wildman–Crippen MR) is 93.5 cm³/mol. The van der Waals surface area contributed by atoms with E-state index in [1.165, 1.54) is 11.8 Å². The fourth-order valence-electron chi connectivity index (χ4n) is 2.50. The van der Waals surface area contributed by atoms with E-state index < -0.39 is 5.97 Å². The van der Waals surface area contributed by atoms with Crippen LogP contribution in [0.5, 0.6) is 0 Å². The van der Waals surface area contributed by atoms with Crippen molar-refractivity contribution in [3.8, 4) is 0 Å². The molecule has 0 fully saturated rings. The standard InChI is InChI=1S/C17H17N3O3S/c1-24-15-12(6-4-9-18-15)16(21)23-11-5-10-20-14-8-3-2-7-13(14)19-17(20)22/h2-4,6-9H,5,10-11H2,1H3,(H,19,22). The Morgan fingerprint density at radius 1 is 1.29 bits per heavy atom. The van der Waals surface area contributed by atoms with E-state index in [0.717, 1.165) is 11.0 Å². The van der Waals surface area contributed by atoms with Crippen LogP contribution in [0.2, 0.25) is 0 Å². The monoisotopic (exact) mass is 343 g/mol. The van der Waals surface area contributed by atoms with E-state index in [1.807, 2.05) is 30.5 Å². The minimum absolute atomic E-state index is 0.153. The molecule has 0 aliphatic heterocycles. The van der Waals surface area contributed by atoms with Crippen LogP contribution in [-0.2, 0) is 11.3 Å². The van der Waals surface area contributed by atoms with Gasteiger partial charge in [-0.3, -0.25) is 4.57 Å². The molecule has 0 bridgehead atoms. The maximum atomic E-state index is 12.1. The van der Waals surface area contributed by atoms with Gasteiger partial charge < -0.3 is 9.72 Å². The second kappa shape index (κ2) is 7.35. The zero-order valence-corrected chi connectivity index (χ0v) is 14.0. The number of benzene rings is 1. The molecule has 2 aromatic heterocycles. The number of carbonyl (C=O) groups excluding carboxylic acids is 1. The third-order valence-electron chi connectivity index (χ3n) is 3.63. The second-order valence-electron chi connectivity index (χ2n) is 5.15. The predicted octanol–water partition coefficient (Wildman–Crippen LogP) is 2.69. The molecule has 1 aromatic carbocycles. The van der Waals surface area contributed by atoms with E-state index >= 15 is 0 Å². The summed E-state index contributed by atoms with van der Waals surface area (Å²) >= 11 is 1.40. The molecule has 1 N–H and O–H groups in total. The molecule has 6 nitrogen and oxygen atoms in total. The van der Waals surface area contributed by atoms with Crippen LogP contribution < -0.4 is 5.69 Å².